The number of hydrogen-bond acceptors (Lipinski definition) is 5. The Balaban J connectivity index is 1.49. The van der Waals surface area contributed by atoms with Crippen molar-refractivity contribution in [3.63, 3.8) is 0 Å². The van der Waals surface area contributed by atoms with E-state index in [4.69, 9.17) is 0 Å². The molecule has 8 nitrogen and oxygen atoms in total. The first kappa shape index (κ1) is 25.9. The van der Waals surface area contributed by atoms with Gasteiger partial charge < -0.3 is 10.0 Å². The zero-order valence-corrected chi connectivity index (χ0v) is 22.8. The molecule has 2 heterocycles. The zero-order valence-electron chi connectivity index (χ0n) is 18.8. The van der Waals surface area contributed by atoms with Gasteiger partial charge in [-0.3, -0.25) is 9.69 Å². The van der Waals surface area contributed by atoms with Gasteiger partial charge in [0.2, 0.25) is 5.91 Å². The number of piperazine rings is 1. The molecule has 2 saturated heterocycles. The van der Waals surface area contributed by atoms with Crippen molar-refractivity contribution < 1.29 is 18.3 Å². The molecule has 0 saturated carbocycles. The van der Waals surface area contributed by atoms with Crippen LogP contribution < -0.4 is 0 Å². The van der Waals surface area contributed by atoms with E-state index in [1.165, 1.54) is 4.31 Å². The molecule has 1 aromatic rings. The fourth-order valence-electron chi connectivity index (χ4n) is 4.46. The molecule has 0 unspecified atom stereocenters. The van der Waals surface area contributed by atoms with Gasteiger partial charge in [-0.05, 0) is 68.8 Å². The van der Waals surface area contributed by atoms with E-state index in [0.29, 0.717) is 47.6 Å². The second-order valence-corrected chi connectivity index (χ2v) is 12.6. The predicted molar refractivity (Wildman–Crippen MR) is 132 cm³/mol. The van der Waals surface area contributed by atoms with Crippen LogP contribution in [0, 0.1) is 5.92 Å². The normalized spacial score (nSPS) is 20.6. The molecule has 1 aromatic carbocycles. The van der Waals surface area contributed by atoms with Crippen LogP contribution in [0.1, 0.15) is 25.3 Å². The number of phenols is 1. The van der Waals surface area contributed by atoms with E-state index in [-0.39, 0.29) is 17.6 Å². The van der Waals surface area contributed by atoms with Gasteiger partial charge in [0.1, 0.15) is 5.75 Å². The fraction of sp³-hybridized carbons (Fsp3) is 0.667. The summed E-state index contributed by atoms with van der Waals surface area (Å²) in [6.07, 6.45) is 2.25. The number of piperidine rings is 1. The highest BCUT2D eigenvalue weighted by molar-refractivity contribution is 9.11. The van der Waals surface area contributed by atoms with Crippen molar-refractivity contribution in [2.75, 3.05) is 53.4 Å². The lowest BCUT2D eigenvalue weighted by atomic mass is 9.99. The van der Waals surface area contributed by atoms with Crippen LogP contribution in [0.2, 0.25) is 0 Å². The third kappa shape index (κ3) is 5.85. The Morgan fingerprint density at radius 2 is 1.62 bits per heavy atom. The Bertz CT molecular complexity index is 905. The van der Waals surface area contributed by atoms with Gasteiger partial charge in [0.25, 0.3) is 10.2 Å². The molecule has 2 aliphatic heterocycles. The Morgan fingerprint density at radius 1 is 1.09 bits per heavy atom. The molecular weight excluding hydrogens is 564 g/mol. The zero-order chi connectivity index (χ0) is 23.6. The SMILES string of the molecule is C[C@H](Cc1cc(Br)c(O)c(Br)c1)C(=O)N1CCN(C2CCN(S(=O)(=O)N(C)C)CC2)CC1. The largest absolute Gasteiger partial charge is 0.506 e. The number of carbonyl (C=O) groups is 1. The average molecular weight is 596 g/mol. The summed E-state index contributed by atoms with van der Waals surface area (Å²) in [5.41, 5.74) is 0.987. The van der Waals surface area contributed by atoms with Gasteiger partial charge in [-0.2, -0.15) is 17.0 Å². The van der Waals surface area contributed by atoms with Crippen LogP contribution in [0.25, 0.3) is 0 Å². The smallest absolute Gasteiger partial charge is 0.281 e. The number of carbonyl (C=O) groups excluding carboxylic acids is 1. The van der Waals surface area contributed by atoms with Gasteiger partial charge in [0.05, 0.1) is 8.95 Å². The lowest BCUT2D eigenvalue weighted by molar-refractivity contribution is -0.137. The van der Waals surface area contributed by atoms with E-state index in [1.807, 2.05) is 24.0 Å². The third-order valence-corrected chi connectivity index (χ3v) is 9.54. The topological polar surface area (TPSA) is 84.4 Å². The van der Waals surface area contributed by atoms with Gasteiger partial charge in [0, 0.05) is 65.3 Å². The monoisotopic (exact) mass is 594 g/mol. The third-order valence-electron chi connectivity index (χ3n) is 6.39. The minimum atomic E-state index is -3.34. The predicted octanol–water partition coefficient (Wildman–Crippen LogP) is 2.51. The number of halogens is 2. The number of hydrogen-bond donors (Lipinski definition) is 1. The van der Waals surface area contributed by atoms with E-state index in [1.54, 1.807) is 18.4 Å². The number of amides is 1. The number of nitrogens with zero attached hydrogens (tertiary/aromatic N) is 4. The molecule has 2 fully saturated rings. The van der Waals surface area contributed by atoms with E-state index >= 15 is 0 Å². The van der Waals surface area contributed by atoms with Crippen LogP contribution in [0.3, 0.4) is 0 Å². The van der Waals surface area contributed by atoms with E-state index in [9.17, 15) is 18.3 Å². The van der Waals surface area contributed by atoms with Crippen molar-refractivity contribution in [2.24, 2.45) is 5.92 Å². The second-order valence-electron chi connectivity index (χ2n) is 8.79. The average Bonchev–Trinajstić information content (AvgIpc) is 2.77. The van der Waals surface area contributed by atoms with Crippen molar-refractivity contribution in [3.05, 3.63) is 26.6 Å². The molecular formula is C21H32Br2N4O4S. The first-order chi connectivity index (χ1) is 15.0. The quantitative estimate of drug-likeness (QED) is 0.546. The maximum Gasteiger partial charge on any atom is 0.281 e. The molecule has 0 spiro atoms. The van der Waals surface area contributed by atoms with Gasteiger partial charge in [0.15, 0.2) is 0 Å². The summed E-state index contributed by atoms with van der Waals surface area (Å²) in [6.45, 7) is 6.06. The van der Waals surface area contributed by atoms with Crippen molar-refractivity contribution in [1.82, 2.24) is 18.4 Å². The maximum atomic E-state index is 13.0. The summed E-state index contributed by atoms with van der Waals surface area (Å²) in [5, 5.41) is 9.88. The van der Waals surface area contributed by atoms with Crippen LogP contribution in [0.5, 0.6) is 5.75 Å². The van der Waals surface area contributed by atoms with Gasteiger partial charge >= 0.3 is 0 Å². The van der Waals surface area contributed by atoms with Gasteiger partial charge in [-0.1, -0.05) is 6.92 Å². The summed E-state index contributed by atoms with van der Waals surface area (Å²) in [4.78, 5) is 17.3. The number of phenolic OH excluding ortho intramolecular Hbond substituents is 1. The second kappa shape index (κ2) is 10.7. The van der Waals surface area contributed by atoms with Crippen LogP contribution in [0.4, 0.5) is 0 Å². The number of benzene rings is 1. The standard InChI is InChI=1S/C21H32Br2N4O4S/c1-15(12-16-13-18(22)20(28)19(23)14-16)21(29)26-10-8-25(9-11-26)17-4-6-27(7-5-17)32(30,31)24(2)3/h13-15,17,28H,4-12H2,1-3H3/t15-/m1/s1. The molecule has 0 aliphatic carbocycles. The van der Waals surface area contributed by atoms with Crippen LogP contribution in [-0.2, 0) is 21.4 Å². The summed E-state index contributed by atoms with van der Waals surface area (Å²) < 4.78 is 28.7. The Kier molecular flexibility index (Phi) is 8.65. The molecule has 1 amide bonds. The highest BCUT2D eigenvalue weighted by Gasteiger charge is 2.34. The molecule has 0 aromatic heterocycles. The van der Waals surface area contributed by atoms with Crippen molar-refractivity contribution in [3.8, 4) is 5.75 Å². The molecule has 3 rings (SSSR count). The Hall–Kier alpha value is -0.720. The molecule has 0 radical (unpaired) electrons. The number of aromatic hydroxyl groups is 1. The van der Waals surface area contributed by atoms with Crippen LogP contribution >= 0.6 is 31.9 Å². The fourth-order valence-corrected chi connectivity index (χ4v) is 6.88. The van der Waals surface area contributed by atoms with E-state index < -0.39 is 10.2 Å². The molecule has 32 heavy (non-hydrogen) atoms. The van der Waals surface area contributed by atoms with Gasteiger partial charge in [-0.15, -0.1) is 0 Å². The van der Waals surface area contributed by atoms with Crippen molar-refractivity contribution >= 4 is 48.0 Å². The minimum Gasteiger partial charge on any atom is -0.506 e. The van der Waals surface area contributed by atoms with Crippen molar-refractivity contribution in [2.45, 2.75) is 32.2 Å². The molecule has 11 heteroatoms. The van der Waals surface area contributed by atoms with Crippen LogP contribution in [0.15, 0.2) is 21.1 Å². The van der Waals surface area contributed by atoms with E-state index in [2.05, 4.69) is 36.8 Å². The highest BCUT2D eigenvalue weighted by atomic mass is 79.9. The summed E-state index contributed by atoms with van der Waals surface area (Å²) in [5.74, 6) is 0.162. The molecule has 1 N–H and O–H groups in total. The minimum absolute atomic E-state index is 0.149. The molecule has 0 bridgehead atoms. The lowest BCUT2D eigenvalue weighted by Crippen LogP contribution is -2.56. The first-order valence-electron chi connectivity index (χ1n) is 10.9. The Labute approximate surface area is 208 Å². The van der Waals surface area contributed by atoms with Crippen LogP contribution in [-0.4, -0.2) is 97.2 Å². The first-order valence-corrected chi connectivity index (χ1v) is 13.9. The summed E-state index contributed by atoms with van der Waals surface area (Å²) in [6, 6.07) is 4.07. The van der Waals surface area contributed by atoms with Crippen molar-refractivity contribution in [1.29, 1.82) is 0 Å². The van der Waals surface area contributed by atoms with E-state index in [0.717, 1.165) is 31.5 Å². The molecule has 1 atom stereocenters. The molecule has 180 valence electrons. The lowest BCUT2D eigenvalue weighted by Gasteiger charge is -2.43. The summed E-state index contributed by atoms with van der Waals surface area (Å²) >= 11 is 6.69. The Morgan fingerprint density at radius 3 is 2.12 bits per heavy atom. The summed E-state index contributed by atoms with van der Waals surface area (Å²) in [7, 11) is -0.207. The maximum absolute atomic E-state index is 13.0. The highest BCUT2D eigenvalue weighted by Crippen LogP contribution is 2.34. The number of rotatable bonds is 6. The molecule has 2 aliphatic rings. The van der Waals surface area contributed by atoms with Gasteiger partial charge in [-0.25, -0.2) is 0 Å².